The van der Waals surface area contributed by atoms with Gasteiger partial charge < -0.3 is 9.84 Å². The zero-order valence-electron chi connectivity index (χ0n) is 8.49. The Morgan fingerprint density at radius 2 is 2.25 bits per heavy atom. The number of fused-ring (bicyclic) bond motifs is 1. The smallest absolute Gasteiger partial charge is 0.318 e. The molecular weight excluding hydrogens is 215 g/mol. The number of ether oxygens (including phenoxy) is 1. The maximum Gasteiger partial charge on any atom is 0.318 e. The van der Waals surface area contributed by atoms with E-state index in [1.165, 1.54) is 12.1 Å². The van der Waals surface area contributed by atoms with Crippen molar-refractivity contribution in [2.75, 3.05) is 0 Å². The molecule has 0 aromatic heterocycles. The molecule has 0 bridgehead atoms. The largest absolute Gasteiger partial charge is 0.481 e. The molecule has 84 valence electrons. The number of carboxylic acids is 1. The lowest BCUT2D eigenvalue weighted by molar-refractivity contribution is -0.136. The summed E-state index contributed by atoms with van der Waals surface area (Å²) >= 11 is 0. The fraction of sp³-hybridized carbons (Fsp3) is 0.273. The third-order valence-electron chi connectivity index (χ3n) is 2.55. The van der Waals surface area contributed by atoms with Crippen LogP contribution in [-0.2, 0) is 16.0 Å². The molecule has 16 heavy (non-hydrogen) atoms. The van der Waals surface area contributed by atoms with Crippen LogP contribution >= 0.6 is 0 Å². The van der Waals surface area contributed by atoms with Gasteiger partial charge in [-0.05, 0) is 19.1 Å². The predicted molar refractivity (Wildman–Crippen MR) is 51.8 cm³/mol. The highest BCUT2D eigenvalue weighted by molar-refractivity contribution is 5.86. The average molecular weight is 224 g/mol. The Hall–Kier alpha value is -1.91. The molecule has 1 unspecified atom stereocenters. The van der Waals surface area contributed by atoms with Crippen molar-refractivity contribution in [3.8, 4) is 5.75 Å². The van der Waals surface area contributed by atoms with Crippen molar-refractivity contribution in [1.82, 2.24) is 0 Å². The standard InChI is InChI=1S/C11H9FO4/c1-5-7-4-8(12)6(3-10(13)14)2-9(7)16-11(5)15/h2,4-5H,3H2,1H3,(H,13,14). The molecule has 1 atom stereocenters. The maximum atomic E-state index is 13.5. The first-order chi connectivity index (χ1) is 7.49. The molecule has 1 aromatic rings. The summed E-state index contributed by atoms with van der Waals surface area (Å²) < 4.78 is 18.4. The van der Waals surface area contributed by atoms with E-state index < -0.39 is 30.1 Å². The normalized spacial score (nSPS) is 18.1. The highest BCUT2D eigenvalue weighted by Gasteiger charge is 2.30. The minimum Gasteiger partial charge on any atom is -0.481 e. The van der Waals surface area contributed by atoms with E-state index in [2.05, 4.69) is 0 Å². The molecule has 0 saturated carbocycles. The summed E-state index contributed by atoms with van der Waals surface area (Å²) in [5, 5.41) is 8.57. The van der Waals surface area contributed by atoms with Crippen LogP contribution in [0.15, 0.2) is 12.1 Å². The van der Waals surface area contributed by atoms with E-state index in [4.69, 9.17) is 9.84 Å². The van der Waals surface area contributed by atoms with Gasteiger partial charge in [-0.1, -0.05) is 0 Å². The van der Waals surface area contributed by atoms with Gasteiger partial charge in [-0.15, -0.1) is 0 Å². The second kappa shape index (κ2) is 3.59. The SMILES string of the molecule is CC1C(=O)Oc2cc(CC(=O)O)c(F)cc21. The fourth-order valence-corrected chi connectivity index (χ4v) is 1.66. The molecule has 0 saturated heterocycles. The molecule has 1 aromatic carbocycles. The number of rotatable bonds is 2. The lowest BCUT2D eigenvalue weighted by Gasteiger charge is -2.04. The number of hydrogen-bond donors (Lipinski definition) is 1. The monoisotopic (exact) mass is 224 g/mol. The quantitative estimate of drug-likeness (QED) is 0.610. The van der Waals surface area contributed by atoms with Crippen LogP contribution in [0.1, 0.15) is 24.0 Å². The van der Waals surface area contributed by atoms with Crippen molar-refractivity contribution in [1.29, 1.82) is 0 Å². The Morgan fingerprint density at radius 3 is 2.88 bits per heavy atom. The van der Waals surface area contributed by atoms with Crippen LogP contribution in [0.3, 0.4) is 0 Å². The van der Waals surface area contributed by atoms with E-state index in [-0.39, 0.29) is 11.3 Å². The van der Waals surface area contributed by atoms with Gasteiger partial charge in [0.15, 0.2) is 0 Å². The highest BCUT2D eigenvalue weighted by Crippen LogP contribution is 2.36. The topological polar surface area (TPSA) is 63.6 Å². The average Bonchev–Trinajstić information content (AvgIpc) is 2.44. The molecule has 1 aliphatic heterocycles. The molecule has 2 rings (SSSR count). The van der Waals surface area contributed by atoms with Gasteiger partial charge in [-0.3, -0.25) is 9.59 Å². The van der Waals surface area contributed by atoms with Gasteiger partial charge in [0.2, 0.25) is 0 Å². The highest BCUT2D eigenvalue weighted by atomic mass is 19.1. The van der Waals surface area contributed by atoms with Crippen LogP contribution < -0.4 is 4.74 Å². The fourth-order valence-electron chi connectivity index (χ4n) is 1.66. The van der Waals surface area contributed by atoms with Crippen molar-refractivity contribution in [2.24, 2.45) is 0 Å². The lowest BCUT2D eigenvalue weighted by atomic mass is 10.00. The van der Waals surface area contributed by atoms with Crippen molar-refractivity contribution in [2.45, 2.75) is 19.3 Å². The van der Waals surface area contributed by atoms with Crippen molar-refractivity contribution in [3.05, 3.63) is 29.1 Å². The number of carboxylic acid groups (broad SMARTS) is 1. The van der Waals surface area contributed by atoms with Crippen molar-refractivity contribution < 1.29 is 23.8 Å². The number of hydrogen-bond acceptors (Lipinski definition) is 3. The molecular formula is C11H9FO4. The third kappa shape index (κ3) is 1.64. The van der Waals surface area contributed by atoms with Gasteiger partial charge in [0, 0.05) is 11.1 Å². The predicted octanol–water partition coefficient (Wildman–Crippen LogP) is 1.48. The maximum absolute atomic E-state index is 13.5. The van der Waals surface area contributed by atoms with Gasteiger partial charge >= 0.3 is 11.9 Å². The molecule has 5 heteroatoms. The van der Waals surface area contributed by atoms with Gasteiger partial charge in [0.1, 0.15) is 11.6 Å². The van der Waals surface area contributed by atoms with E-state index in [1.54, 1.807) is 6.92 Å². The zero-order valence-corrected chi connectivity index (χ0v) is 8.49. The van der Waals surface area contributed by atoms with Crippen LogP contribution in [-0.4, -0.2) is 17.0 Å². The first-order valence-electron chi connectivity index (χ1n) is 4.75. The Bertz CT molecular complexity index is 481. The second-order valence-electron chi connectivity index (χ2n) is 3.69. The Balaban J connectivity index is 2.44. The van der Waals surface area contributed by atoms with Crippen LogP contribution in [0.4, 0.5) is 4.39 Å². The molecule has 1 aliphatic rings. The van der Waals surface area contributed by atoms with Crippen molar-refractivity contribution in [3.63, 3.8) is 0 Å². The number of carbonyl (C=O) groups excluding carboxylic acids is 1. The second-order valence-corrected chi connectivity index (χ2v) is 3.69. The minimum atomic E-state index is -1.13. The summed E-state index contributed by atoms with van der Waals surface area (Å²) in [7, 11) is 0. The van der Waals surface area contributed by atoms with E-state index >= 15 is 0 Å². The number of esters is 1. The Kier molecular flexibility index (Phi) is 2.38. The van der Waals surface area contributed by atoms with Crippen LogP contribution in [0.25, 0.3) is 0 Å². The number of carbonyl (C=O) groups is 2. The molecule has 0 amide bonds. The molecule has 0 fully saturated rings. The molecule has 1 N–H and O–H groups in total. The number of aliphatic carboxylic acids is 1. The van der Waals surface area contributed by atoms with Crippen LogP contribution in [0.5, 0.6) is 5.75 Å². The summed E-state index contributed by atoms with van der Waals surface area (Å²) in [5.41, 5.74) is 0.491. The van der Waals surface area contributed by atoms with Crippen LogP contribution in [0, 0.1) is 5.82 Å². The first-order valence-corrected chi connectivity index (χ1v) is 4.75. The number of halogens is 1. The Morgan fingerprint density at radius 1 is 1.56 bits per heavy atom. The van der Waals surface area contributed by atoms with E-state index in [0.29, 0.717) is 5.56 Å². The van der Waals surface area contributed by atoms with Crippen LogP contribution in [0.2, 0.25) is 0 Å². The van der Waals surface area contributed by atoms with E-state index in [1.807, 2.05) is 0 Å². The molecule has 4 nitrogen and oxygen atoms in total. The summed E-state index contributed by atoms with van der Waals surface area (Å²) in [5.74, 6) is -2.43. The van der Waals surface area contributed by atoms with Gasteiger partial charge in [0.25, 0.3) is 0 Å². The third-order valence-corrected chi connectivity index (χ3v) is 2.55. The Labute approximate surface area is 90.6 Å². The summed E-state index contributed by atoms with van der Waals surface area (Å²) in [6.07, 6.45) is -0.426. The minimum absolute atomic E-state index is 0.0214. The van der Waals surface area contributed by atoms with Crippen molar-refractivity contribution >= 4 is 11.9 Å². The van der Waals surface area contributed by atoms with E-state index in [9.17, 15) is 14.0 Å². The summed E-state index contributed by atoms with van der Waals surface area (Å²) in [6.45, 7) is 1.62. The molecule has 0 aliphatic carbocycles. The number of benzene rings is 1. The van der Waals surface area contributed by atoms with Gasteiger partial charge in [-0.25, -0.2) is 4.39 Å². The molecule has 0 radical (unpaired) electrons. The lowest BCUT2D eigenvalue weighted by Crippen LogP contribution is -2.05. The van der Waals surface area contributed by atoms with Gasteiger partial charge in [-0.2, -0.15) is 0 Å². The van der Waals surface area contributed by atoms with E-state index in [0.717, 1.165) is 0 Å². The molecule has 0 spiro atoms. The zero-order chi connectivity index (χ0) is 11.9. The summed E-state index contributed by atoms with van der Waals surface area (Å²) in [4.78, 5) is 21.7. The summed E-state index contributed by atoms with van der Waals surface area (Å²) in [6, 6.07) is 2.45. The molecule has 1 heterocycles. The van der Waals surface area contributed by atoms with Gasteiger partial charge in [0.05, 0.1) is 12.3 Å². The first kappa shape index (κ1) is 10.6.